The Morgan fingerprint density at radius 1 is 0.938 bits per heavy atom. The van der Waals surface area contributed by atoms with Crippen molar-refractivity contribution in [3.63, 3.8) is 0 Å². The van der Waals surface area contributed by atoms with Gasteiger partial charge in [-0.25, -0.2) is 9.59 Å². The first kappa shape index (κ1) is 21.4. The SMILES string of the molecule is CN(C)C(=O)c1ccc(-n2c(=O)n(Cc3cccc(C(=O)O)c3)c3ccc(Cl)cc32)cc1. The molecule has 8 heteroatoms. The van der Waals surface area contributed by atoms with Crippen LogP contribution in [0.4, 0.5) is 0 Å². The van der Waals surface area contributed by atoms with E-state index < -0.39 is 5.97 Å². The molecule has 0 aliphatic heterocycles. The molecule has 162 valence electrons. The van der Waals surface area contributed by atoms with Gasteiger partial charge in [0.2, 0.25) is 0 Å². The number of carbonyl (C=O) groups is 2. The van der Waals surface area contributed by atoms with Crippen LogP contribution in [0.2, 0.25) is 5.02 Å². The molecule has 0 spiro atoms. The van der Waals surface area contributed by atoms with Crippen LogP contribution in [0.15, 0.2) is 71.5 Å². The van der Waals surface area contributed by atoms with Gasteiger partial charge in [0.1, 0.15) is 0 Å². The molecule has 32 heavy (non-hydrogen) atoms. The van der Waals surface area contributed by atoms with E-state index in [0.29, 0.717) is 32.9 Å². The maximum Gasteiger partial charge on any atom is 0.335 e. The smallest absolute Gasteiger partial charge is 0.335 e. The van der Waals surface area contributed by atoms with E-state index in [-0.39, 0.29) is 23.7 Å². The number of carboxylic acid groups (broad SMARTS) is 1. The van der Waals surface area contributed by atoms with Crippen LogP contribution in [0.1, 0.15) is 26.3 Å². The molecule has 7 nitrogen and oxygen atoms in total. The van der Waals surface area contributed by atoms with Gasteiger partial charge < -0.3 is 10.0 Å². The van der Waals surface area contributed by atoms with Gasteiger partial charge in [-0.2, -0.15) is 0 Å². The summed E-state index contributed by atoms with van der Waals surface area (Å²) in [5.41, 5.74) is 2.93. The van der Waals surface area contributed by atoms with E-state index in [2.05, 4.69) is 0 Å². The predicted octanol–water partition coefficient (Wildman–Crippen LogP) is 3.89. The van der Waals surface area contributed by atoms with Crippen molar-refractivity contribution in [1.82, 2.24) is 14.0 Å². The molecule has 1 aromatic heterocycles. The number of benzene rings is 3. The highest BCUT2D eigenvalue weighted by atomic mass is 35.5. The highest BCUT2D eigenvalue weighted by Gasteiger charge is 2.17. The van der Waals surface area contributed by atoms with Crippen molar-refractivity contribution in [2.45, 2.75) is 6.54 Å². The third-order valence-electron chi connectivity index (χ3n) is 5.18. The Morgan fingerprint density at radius 2 is 1.66 bits per heavy atom. The molecule has 0 fully saturated rings. The molecule has 0 saturated heterocycles. The third kappa shape index (κ3) is 3.90. The summed E-state index contributed by atoms with van der Waals surface area (Å²) in [7, 11) is 3.35. The number of amides is 1. The summed E-state index contributed by atoms with van der Waals surface area (Å²) in [5, 5.41) is 9.75. The second kappa shape index (κ2) is 8.36. The fourth-order valence-corrected chi connectivity index (χ4v) is 3.80. The van der Waals surface area contributed by atoms with E-state index in [9.17, 15) is 19.5 Å². The Balaban J connectivity index is 1.84. The first-order valence-electron chi connectivity index (χ1n) is 9.81. The number of aromatic carboxylic acids is 1. The standard InChI is InChI=1S/C24H20ClN3O4/c1-26(2)22(29)16-6-9-19(10-7-16)28-21-13-18(25)8-11-20(21)27(24(28)32)14-15-4-3-5-17(12-15)23(30)31/h3-13H,14H2,1-2H3,(H,30,31). The molecule has 0 aliphatic rings. The Bertz CT molecular complexity index is 1400. The van der Waals surface area contributed by atoms with Gasteiger partial charge in [-0.3, -0.25) is 13.9 Å². The normalized spacial score (nSPS) is 11.0. The lowest BCUT2D eigenvalue weighted by Crippen LogP contribution is -2.24. The Hall–Kier alpha value is -3.84. The summed E-state index contributed by atoms with van der Waals surface area (Å²) in [6, 6.07) is 18.5. The molecule has 0 unspecified atom stereocenters. The first-order chi connectivity index (χ1) is 15.3. The summed E-state index contributed by atoms with van der Waals surface area (Å²) in [6.07, 6.45) is 0. The number of hydrogen-bond donors (Lipinski definition) is 1. The van der Waals surface area contributed by atoms with Gasteiger partial charge in [-0.15, -0.1) is 0 Å². The van der Waals surface area contributed by atoms with E-state index in [4.69, 9.17) is 11.6 Å². The number of aromatic nitrogens is 2. The molecular formula is C24H20ClN3O4. The van der Waals surface area contributed by atoms with Crippen molar-refractivity contribution in [1.29, 1.82) is 0 Å². The molecule has 0 radical (unpaired) electrons. The molecule has 0 atom stereocenters. The molecule has 3 aromatic carbocycles. The largest absolute Gasteiger partial charge is 0.478 e. The van der Waals surface area contributed by atoms with Crippen LogP contribution in [0.5, 0.6) is 0 Å². The van der Waals surface area contributed by atoms with Crippen molar-refractivity contribution in [3.8, 4) is 5.69 Å². The Morgan fingerprint density at radius 3 is 2.31 bits per heavy atom. The highest BCUT2D eigenvalue weighted by Crippen LogP contribution is 2.23. The lowest BCUT2D eigenvalue weighted by molar-refractivity contribution is 0.0696. The number of hydrogen-bond acceptors (Lipinski definition) is 3. The lowest BCUT2D eigenvalue weighted by Gasteiger charge is -2.11. The summed E-state index contributed by atoms with van der Waals surface area (Å²) in [6.45, 7) is 0.197. The molecule has 0 aliphatic carbocycles. The zero-order chi connectivity index (χ0) is 23.0. The predicted molar refractivity (Wildman–Crippen MR) is 123 cm³/mol. The van der Waals surface area contributed by atoms with E-state index in [1.807, 2.05) is 0 Å². The number of nitrogens with zero attached hydrogens (tertiary/aromatic N) is 3. The van der Waals surface area contributed by atoms with Crippen molar-refractivity contribution in [3.05, 3.63) is 98.9 Å². The second-order valence-corrected chi connectivity index (χ2v) is 8.03. The fraction of sp³-hybridized carbons (Fsp3) is 0.125. The highest BCUT2D eigenvalue weighted by molar-refractivity contribution is 6.31. The van der Waals surface area contributed by atoms with Crippen molar-refractivity contribution in [2.24, 2.45) is 0 Å². The minimum absolute atomic E-state index is 0.132. The average Bonchev–Trinajstić information content (AvgIpc) is 3.04. The number of rotatable bonds is 5. The summed E-state index contributed by atoms with van der Waals surface area (Å²) in [4.78, 5) is 38.4. The van der Waals surface area contributed by atoms with Crippen LogP contribution in [-0.4, -0.2) is 45.1 Å². The molecule has 1 heterocycles. The van der Waals surface area contributed by atoms with E-state index in [1.54, 1.807) is 79.3 Å². The number of carboxylic acids is 1. The average molecular weight is 450 g/mol. The summed E-state index contributed by atoms with van der Waals surface area (Å²) >= 11 is 6.22. The number of imidazole rings is 1. The number of carbonyl (C=O) groups excluding carboxylic acids is 1. The van der Waals surface area contributed by atoms with Crippen LogP contribution >= 0.6 is 11.6 Å². The monoisotopic (exact) mass is 449 g/mol. The minimum atomic E-state index is -1.03. The maximum atomic E-state index is 13.4. The topological polar surface area (TPSA) is 84.5 Å². The Labute approximate surface area is 188 Å². The van der Waals surface area contributed by atoms with E-state index in [0.717, 1.165) is 0 Å². The van der Waals surface area contributed by atoms with Crippen molar-refractivity contribution < 1.29 is 14.7 Å². The van der Waals surface area contributed by atoms with Gasteiger partial charge >= 0.3 is 11.7 Å². The van der Waals surface area contributed by atoms with Gasteiger partial charge in [0.25, 0.3) is 5.91 Å². The van der Waals surface area contributed by atoms with Crippen molar-refractivity contribution >= 4 is 34.5 Å². The quantitative estimate of drug-likeness (QED) is 0.501. The summed E-state index contributed by atoms with van der Waals surface area (Å²) < 4.78 is 3.11. The van der Waals surface area contributed by atoms with Gasteiger partial charge in [-0.1, -0.05) is 23.7 Å². The van der Waals surface area contributed by atoms with Gasteiger partial charge in [0, 0.05) is 24.7 Å². The zero-order valence-corrected chi connectivity index (χ0v) is 18.2. The molecule has 1 amide bonds. The van der Waals surface area contributed by atoms with Crippen LogP contribution in [0.3, 0.4) is 0 Å². The van der Waals surface area contributed by atoms with E-state index >= 15 is 0 Å². The fourth-order valence-electron chi connectivity index (χ4n) is 3.63. The molecule has 4 aromatic rings. The van der Waals surface area contributed by atoms with Crippen LogP contribution < -0.4 is 5.69 Å². The first-order valence-corrected chi connectivity index (χ1v) is 10.2. The summed E-state index contributed by atoms with van der Waals surface area (Å²) in [5.74, 6) is -1.16. The minimum Gasteiger partial charge on any atom is -0.478 e. The van der Waals surface area contributed by atoms with Crippen LogP contribution in [0, 0.1) is 0 Å². The van der Waals surface area contributed by atoms with Crippen LogP contribution in [0.25, 0.3) is 16.7 Å². The number of fused-ring (bicyclic) bond motifs is 1. The molecule has 0 saturated carbocycles. The van der Waals surface area contributed by atoms with Crippen LogP contribution in [-0.2, 0) is 6.54 Å². The van der Waals surface area contributed by atoms with E-state index in [1.165, 1.54) is 15.5 Å². The third-order valence-corrected chi connectivity index (χ3v) is 5.42. The van der Waals surface area contributed by atoms with Gasteiger partial charge in [-0.05, 0) is 60.2 Å². The lowest BCUT2D eigenvalue weighted by atomic mass is 10.1. The molecule has 1 N–H and O–H groups in total. The zero-order valence-electron chi connectivity index (χ0n) is 17.4. The van der Waals surface area contributed by atoms with Gasteiger partial charge in [0.05, 0.1) is 28.8 Å². The van der Waals surface area contributed by atoms with Crippen molar-refractivity contribution in [2.75, 3.05) is 14.1 Å². The van der Waals surface area contributed by atoms with Gasteiger partial charge in [0.15, 0.2) is 0 Å². The second-order valence-electron chi connectivity index (χ2n) is 7.59. The molecular weight excluding hydrogens is 430 g/mol. The molecule has 0 bridgehead atoms. The maximum absolute atomic E-state index is 13.4. The Kier molecular flexibility index (Phi) is 5.59. The molecule has 4 rings (SSSR count). The number of halogens is 1.